The summed E-state index contributed by atoms with van der Waals surface area (Å²) in [5, 5.41) is 1.96. The highest BCUT2D eigenvalue weighted by Crippen LogP contribution is 2.28. The fraction of sp³-hybridized carbons (Fsp3) is 0.267. The Labute approximate surface area is 132 Å². The molecule has 0 spiro atoms. The van der Waals surface area contributed by atoms with E-state index in [4.69, 9.17) is 18.0 Å². The minimum absolute atomic E-state index is 0.0247. The Morgan fingerprint density at radius 3 is 2.52 bits per heavy atom. The summed E-state index contributed by atoms with van der Waals surface area (Å²) in [4.78, 5) is 2.75. The largest absolute Gasteiger partial charge is 0.389 e. The van der Waals surface area contributed by atoms with E-state index < -0.39 is 11.6 Å². The van der Waals surface area contributed by atoms with Crippen molar-refractivity contribution in [2.75, 3.05) is 4.90 Å². The molecule has 0 atom stereocenters. The first-order chi connectivity index (χ1) is 9.91. The van der Waals surface area contributed by atoms with Gasteiger partial charge in [-0.15, -0.1) is 11.3 Å². The molecule has 0 bridgehead atoms. The number of nitrogens with zero attached hydrogens (tertiary/aromatic N) is 1. The van der Waals surface area contributed by atoms with Crippen molar-refractivity contribution >= 4 is 34.2 Å². The Bertz CT molecular complexity index is 639. The third kappa shape index (κ3) is 3.39. The van der Waals surface area contributed by atoms with E-state index in [0.717, 1.165) is 4.88 Å². The number of thiocarbonyl (C=S) groups is 1. The van der Waals surface area contributed by atoms with Crippen LogP contribution in [0.25, 0.3) is 0 Å². The van der Waals surface area contributed by atoms with Gasteiger partial charge < -0.3 is 10.6 Å². The zero-order valence-electron chi connectivity index (χ0n) is 11.8. The van der Waals surface area contributed by atoms with Gasteiger partial charge in [-0.25, -0.2) is 8.78 Å². The maximum atomic E-state index is 14.3. The minimum atomic E-state index is -0.989. The highest BCUT2D eigenvalue weighted by molar-refractivity contribution is 7.80. The van der Waals surface area contributed by atoms with E-state index in [1.807, 2.05) is 36.3 Å². The van der Waals surface area contributed by atoms with Crippen LogP contribution in [-0.2, 0) is 6.54 Å². The normalized spacial score (nSPS) is 10.9. The van der Waals surface area contributed by atoms with E-state index in [1.54, 1.807) is 11.3 Å². The minimum Gasteiger partial charge on any atom is -0.389 e. The van der Waals surface area contributed by atoms with Gasteiger partial charge in [0.1, 0.15) is 4.99 Å². The molecule has 2 aromatic rings. The standard InChI is InChI=1S/C15H16F2N2S2/c1-9(2)19(8-10-4-3-7-21-10)12-6-5-11(15(18)20)13(16)14(12)17/h3-7,9H,8H2,1-2H3,(H2,18,20). The molecule has 1 aromatic heterocycles. The molecule has 6 heteroatoms. The Hall–Kier alpha value is -1.53. The summed E-state index contributed by atoms with van der Waals surface area (Å²) >= 11 is 6.31. The maximum Gasteiger partial charge on any atom is 0.182 e. The summed E-state index contributed by atoms with van der Waals surface area (Å²) in [6.07, 6.45) is 0. The maximum absolute atomic E-state index is 14.3. The van der Waals surface area contributed by atoms with E-state index in [0.29, 0.717) is 6.54 Å². The molecule has 0 fully saturated rings. The van der Waals surface area contributed by atoms with E-state index in [-0.39, 0.29) is 22.3 Å². The Morgan fingerprint density at radius 2 is 2.00 bits per heavy atom. The molecule has 0 aliphatic rings. The molecule has 2 nitrogen and oxygen atoms in total. The second-order valence-corrected chi connectivity index (χ2v) is 6.40. The van der Waals surface area contributed by atoms with Crippen molar-refractivity contribution in [1.82, 2.24) is 0 Å². The molecule has 0 unspecified atom stereocenters. The Morgan fingerprint density at radius 1 is 1.29 bits per heavy atom. The molecule has 2 rings (SSSR count). The zero-order chi connectivity index (χ0) is 15.6. The molecular weight excluding hydrogens is 310 g/mol. The summed E-state index contributed by atoms with van der Waals surface area (Å²) in [5.74, 6) is -1.90. The van der Waals surface area contributed by atoms with Crippen LogP contribution in [0, 0.1) is 11.6 Å². The van der Waals surface area contributed by atoms with Crippen LogP contribution >= 0.6 is 23.6 Å². The Balaban J connectivity index is 2.41. The van der Waals surface area contributed by atoms with Crippen LogP contribution in [0.4, 0.5) is 14.5 Å². The van der Waals surface area contributed by atoms with Gasteiger partial charge in [-0.3, -0.25) is 0 Å². The molecule has 1 aromatic carbocycles. The molecule has 0 amide bonds. The van der Waals surface area contributed by atoms with Crippen molar-refractivity contribution in [2.45, 2.75) is 26.4 Å². The van der Waals surface area contributed by atoms with Crippen LogP contribution in [0.2, 0.25) is 0 Å². The topological polar surface area (TPSA) is 29.3 Å². The number of thiophene rings is 1. The van der Waals surface area contributed by atoms with Gasteiger partial charge in [-0.05, 0) is 37.4 Å². The molecule has 2 N–H and O–H groups in total. The van der Waals surface area contributed by atoms with E-state index in [2.05, 4.69) is 0 Å². The van der Waals surface area contributed by atoms with Gasteiger partial charge >= 0.3 is 0 Å². The highest BCUT2D eigenvalue weighted by atomic mass is 32.1. The van der Waals surface area contributed by atoms with Gasteiger partial charge in [-0.1, -0.05) is 18.3 Å². The predicted octanol–water partition coefficient (Wildman–Crippen LogP) is 4.08. The molecule has 0 radical (unpaired) electrons. The number of hydrogen-bond donors (Lipinski definition) is 1. The lowest BCUT2D eigenvalue weighted by molar-refractivity contribution is 0.500. The predicted molar refractivity (Wildman–Crippen MR) is 87.9 cm³/mol. The Kier molecular flexibility index (Phi) is 4.90. The lowest BCUT2D eigenvalue weighted by Crippen LogP contribution is -2.31. The first-order valence-corrected chi connectivity index (χ1v) is 7.77. The van der Waals surface area contributed by atoms with Crippen molar-refractivity contribution in [3.05, 3.63) is 51.7 Å². The van der Waals surface area contributed by atoms with Crippen LogP contribution in [0.1, 0.15) is 24.3 Å². The molecule has 0 saturated heterocycles. The second-order valence-electron chi connectivity index (χ2n) is 4.93. The quantitative estimate of drug-likeness (QED) is 0.840. The highest BCUT2D eigenvalue weighted by Gasteiger charge is 2.21. The van der Waals surface area contributed by atoms with Gasteiger partial charge in [0.05, 0.1) is 12.2 Å². The smallest absolute Gasteiger partial charge is 0.182 e. The third-order valence-corrected chi connectivity index (χ3v) is 4.25. The zero-order valence-corrected chi connectivity index (χ0v) is 13.4. The van der Waals surface area contributed by atoms with Crippen LogP contribution in [0.5, 0.6) is 0 Å². The first-order valence-electron chi connectivity index (χ1n) is 6.48. The third-order valence-electron chi connectivity index (χ3n) is 3.17. The number of rotatable bonds is 5. The second kappa shape index (κ2) is 6.49. The van der Waals surface area contributed by atoms with E-state index in [9.17, 15) is 8.78 Å². The molecule has 21 heavy (non-hydrogen) atoms. The lowest BCUT2D eigenvalue weighted by atomic mass is 10.1. The average molecular weight is 326 g/mol. The fourth-order valence-electron chi connectivity index (χ4n) is 2.07. The fourth-order valence-corrected chi connectivity index (χ4v) is 2.93. The molecule has 1 heterocycles. The van der Waals surface area contributed by atoms with Crippen LogP contribution < -0.4 is 10.6 Å². The lowest BCUT2D eigenvalue weighted by Gasteiger charge is -2.29. The van der Waals surface area contributed by atoms with Gasteiger partial charge in [0, 0.05) is 16.5 Å². The monoisotopic (exact) mass is 326 g/mol. The van der Waals surface area contributed by atoms with Crippen LogP contribution in [0.3, 0.4) is 0 Å². The number of nitrogens with two attached hydrogens (primary N) is 1. The SMILES string of the molecule is CC(C)N(Cc1cccs1)c1ccc(C(N)=S)c(F)c1F. The van der Waals surface area contributed by atoms with Gasteiger partial charge in [0.15, 0.2) is 11.6 Å². The molecule has 0 aliphatic heterocycles. The summed E-state index contributed by atoms with van der Waals surface area (Å²) < 4.78 is 28.4. The molecule has 0 saturated carbocycles. The van der Waals surface area contributed by atoms with Crippen molar-refractivity contribution < 1.29 is 8.78 Å². The van der Waals surface area contributed by atoms with Crippen molar-refractivity contribution in [3.8, 4) is 0 Å². The summed E-state index contributed by atoms with van der Waals surface area (Å²) in [5.41, 5.74) is 5.55. The number of hydrogen-bond acceptors (Lipinski definition) is 3. The average Bonchev–Trinajstić information content (AvgIpc) is 2.92. The molecular formula is C15H16F2N2S2. The van der Waals surface area contributed by atoms with Gasteiger partial charge in [0.25, 0.3) is 0 Å². The van der Waals surface area contributed by atoms with Crippen LogP contribution in [-0.4, -0.2) is 11.0 Å². The van der Waals surface area contributed by atoms with Crippen molar-refractivity contribution in [3.63, 3.8) is 0 Å². The first kappa shape index (κ1) is 15.9. The summed E-state index contributed by atoms with van der Waals surface area (Å²) in [6.45, 7) is 4.40. The van der Waals surface area contributed by atoms with E-state index >= 15 is 0 Å². The molecule has 0 aliphatic carbocycles. The van der Waals surface area contributed by atoms with Crippen molar-refractivity contribution in [1.29, 1.82) is 0 Å². The van der Waals surface area contributed by atoms with Crippen molar-refractivity contribution in [2.24, 2.45) is 5.73 Å². The number of anilines is 1. The number of halogens is 2. The van der Waals surface area contributed by atoms with Gasteiger partial charge in [-0.2, -0.15) is 0 Å². The van der Waals surface area contributed by atoms with Crippen LogP contribution in [0.15, 0.2) is 29.6 Å². The summed E-state index contributed by atoms with van der Waals surface area (Å²) in [6, 6.07) is 6.89. The van der Waals surface area contributed by atoms with Gasteiger partial charge in [0.2, 0.25) is 0 Å². The van der Waals surface area contributed by atoms with E-state index in [1.165, 1.54) is 12.1 Å². The molecule has 112 valence electrons. The number of benzene rings is 1. The summed E-state index contributed by atoms with van der Waals surface area (Å²) in [7, 11) is 0.